The summed E-state index contributed by atoms with van der Waals surface area (Å²) in [7, 11) is 1.66. The molecule has 2 aromatic rings. The number of likely N-dealkylation sites (N-methyl/N-ethyl adjacent to an activating group) is 1. The first-order valence-corrected chi connectivity index (χ1v) is 6.95. The molecule has 0 radical (unpaired) electrons. The van der Waals surface area contributed by atoms with Gasteiger partial charge in [-0.15, -0.1) is 0 Å². The molecule has 1 heterocycles. The number of hydrogen-bond acceptors (Lipinski definition) is 4. The lowest BCUT2D eigenvalue weighted by molar-refractivity contribution is 0.412. The second kappa shape index (κ2) is 6.68. The Hall–Kier alpha value is -1.40. The summed E-state index contributed by atoms with van der Waals surface area (Å²) in [5.74, 6) is 0.838. The number of halogens is 1. The van der Waals surface area contributed by atoms with Gasteiger partial charge in [0.15, 0.2) is 0 Å². The molecular formula is C13H17BrN4O. The first-order chi connectivity index (χ1) is 9.24. The average molecular weight is 325 g/mol. The molecule has 2 N–H and O–H groups in total. The van der Waals surface area contributed by atoms with Gasteiger partial charge in [-0.25, -0.2) is 0 Å². The van der Waals surface area contributed by atoms with Crippen LogP contribution < -0.4 is 10.1 Å². The fourth-order valence-corrected chi connectivity index (χ4v) is 2.57. The molecule has 0 aliphatic carbocycles. The minimum Gasteiger partial charge on any atom is -0.496 e. The highest BCUT2D eigenvalue weighted by Gasteiger charge is 2.14. The number of nitrogens with one attached hydrogen (secondary N) is 2. The molecular weight excluding hydrogens is 308 g/mol. The van der Waals surface area contributed by atoms with Crippen LogP contribution in [0.2, 0.25) is 0 Å². The summed E-state index contributed by atoms with van der Waals surface area (Å²) in [6.45, 7) is 2.96. The summed E-state index contributed by atoms with van der Waals surface area (Å²) in [6.07, 6.45) is 2.61. The van der Waals surface area contributed by atoms with Crippen molar-refractivity contribution in [3.8, 4) is 5.75 Å². The molecule has 0 saturated carbocycles. The van der Waals surface area contributed by atoms with E-state index in [9.17, 15) is 0 Å². The number of benzene rings is 1. The Bertz CT molecular complexity index is 515. The SMILES string of the molecule is CCNC(Cc1ccc(OC)c(Br)c1)c1cn[nH]n1. The van der Waals surface area contributed by atoms with E-state index in [2.05, 4.69) is 55.7 Å². The molecule has 102 valence electrons. The molecule has 2 rings (SSSR count). The molecule has 0 aliphatic rings. The third kappa shape index (κ3) is 3.54. The first kappa shape index (κ1) is 14.0. The van der Waals surface area contributed by atoms with Gasteiger partial charge >= 0.3 is 0 Å². The summed E-state index contributed by atoms with van der Waals surface area (Å²) < 4.78 is 6.20. The van der Waals surface area contributed by atoms with E-state index in [0.717, 1.165) is 28.9 Å². The van der Waals surface area contributed by atoms with Gasteiger partial charge < -0.3 is 10.1 Å². The fourth-order valence-electron chi connectivity index (χ4n) is 1.98. The van der Waals surface area contributed by atoms with Crippen LogP contribution in [0.1, 0.15) is 24.2 Å². The van der Waals surface area contributed by atoms with E-state index in [4.69, 9.17) is 4.74 Å². The number of rotatable bonds is 6. The van der Waals surface area contributed by atoms with E-state index >= 15 is 0 Å². The molecule has 0 fully saturated rings. The van der Waals surface area contributed by atoms with Crippen molar-refractivity contribution in [1.82, 2.24) is 20.7 Å². The van der Waals surface area contributed by atoms with Crippen molar-refractivity contribution in [2.75, 3.05) is 13.7 Å². The molecule has 19 heavy (non-hydrogen) atoms. The van der Waals surface area contributed by atoms with Gasteiger partial charge in [0, 0.05) is 0 Å². The quantitative estimate of drug-likeness (QED) is 0.856. The van der Waals surface area contributed by atoms with E-state index in [-0.39, 0.29) is 6.04 Å². The smallest absolute Gasteiger partial charge is 0.133 e. The number of aromatic amines is 1. The van der Waals surface area contributed by atoms with Gasteiger partial charge in [0.05, 0.1) is 29.5 Å². The summed E-state index contributed by atoms with van der Waals surface area (Å²) in [6, 6.07) is 6.26. The average Bonchev–Trinajstić information content (AvgIpc) is 2.92. The number of methoxy groups -OCH3 is 1. The molecule has 1 aromatic heterocycles. The number of nitrogens with zero attached hydrogens (tertiary/aromatic N) is 2. The Balaban J connectivity index is 2.15. The number of hydrogen-bond donors (Lipinski definition) is 2. The van der Waals surface area contributed by atoms with Crippen molar-refractivity contribution in [1.29, 1.82) is 0 Å². The molecule has 1 unspecified atom stereocenters. The lowest BCUT2D eigenvalue weighted by atomic mass is 10.0. The predicted octanol–water partition coefficient (Wildman–Crippen LogP) is 2.47. The van der Waals surface area contributed by atoms with Crippen LogP contribution in [-0.4, -0.2) is 29.1 Å². The monoisotopic (exact) mass is 324 g/mol. The molecule has 1 atom stereocenters. The highest BCUT2D eigenvalue weighted by Crippen LogP contribution is 2.27. The lowest BCUT2D eigenvalue weighted by Gasteiger charge is -2.15. The molecule has 0 amide bonds. The van der Waals surface area contributed by atoms with Crippen molar-refractivity contribution < 1.29 is 4.74 Å². The lowest BCUT2D eigenvalue weighted by Crippen LogP contribution is -2.23. The van der Waals surface area contributed by atoms with Gasteiger partial charge in [-0.2, -0.15) is 15.4 Å². The Morgan fingerprint density at radius 1 is 1.47 bits per heavy atom. The Labute approximate surface area is 120 Å². The maximum absolute atomic E-state index is 5.23. The highest BCUT2D eigenvalue weighted by atomic mass is 79.9. The van der Waals surface area contributed by atoms with E-state index in [1.807, 2.05) is 6.07 Å². The number of ether oxygens (including phenoxy) is 1. The zero-order valence-corrected chi connectivity index (χ0v) is 12.6. The maximum Gasteiger partial charge on any atom is 0.133 e. The molecule has 0 saturated heterocycles. The van der Waals surface area contributed by atoms with Crippen molar-refractivity contribution in [3.63, 3.8) is 0 Å². The van der Waals surface area contributed by atoms with E-state index < -0.39 is 0 Å². The Kier molecular flexibility index (Phi) is 4.93. The highest BCUT2D eigenvalue weighted by molar-refractivity contribution is 9.10. The summed E-state index contributed by atoms with van der Waals surface area (Å²) >= 11 is 3.51. The van der Waals surface area contributed by atoms with Crippen LogP contribution >= 0.6 is 15.9 Å². The molecule has 0 bridgehead atoms. The van der Waals surface area contributed by atoms with Crippen LogP contribution in [-0.2, 0) is 6.42 Å². The second-order valence-corrected chi connectivity index (χ2v) is 5.03. The summed E-state index contributed by atoms with van der Waals surface area (Å²) in [5, 5.41) is 14.1. The number of H-pyrrole nitrogens is 1. The minimum absolute atomic E-state index is 0.157. The van der Waals surface area contributed by atoms with Gasteiger partial charge in [0.1, 0.15) is 5.75 Å². The molecule has 0 aliphatic heterocycles. The zero-order valence-electron chi connectivity index (χ0n) is 11.0. The topological polar surface area (TPSA) is 62.8 Å². The molecule has 1 aromatic carbocycles. The van der Waals surface area contributed by atoms with Gasteiger partial charge in [0.2, 0.25) is 0 Å². The van der Waals surface area contributed by atoms with Gasteiger partial charge in [0.25, 0.3) is 0 Å². The van der Waals surface area contributed by atoms with Gasteiger partial charge in [-0.1, -0.05) is 13.0 Å². The summed E-state index contributed by atoms with van der Waals surface area (Å²) in [4.78, 5) is 0. The van der Waals surface area contributed by atoms with Crippen molar-refractivity contribution in [3.05, 3.63) is 40.1 Å². The summed E-state index contributed by atoms with van der Waals surface area (Å²) in [5.41, 5.74) is 2.13. The largest absolute Gasteiger partial charge is 0.496 e. The Morgan fingerprint density at radius 3 is 2.89 bits per heavy atom. The zero-order chi connectivity index (χ0) is 13.7. The third-order valence-corrected chi connectivity index (χ3v) is 3.52. The molecule has 5 nitrogen and oxygen atoms in total. The minimum atomic E-state index is 0.157. The fraction of sp³-hybridized carbons (Fsp3) is 0.385. The predicted molar refractivity (Wildman–Crippen MR) is 77.2 cm³/mol. The normalized spacial score (nSPS) is 12.4. The first-order valence-electron chi connectivity index (χ1n) is 6.16. The van der Waals surface area contributed by atoms with Crippen LogP contribution in [0.4, 0.5) is 0 Å². The standard InChI is InChI=1S/C13H17BrN4O/c1-3-15-11(12-8-16-18-17-12)7-9-4-5-13(19-2)10(14)6-9/h4-6,8,11,15H,3,7H2,1-2H3,(H,16,17,18). The van der Waals surface area contributed by atoms with Crippen LogP contribution in [0.5, 0.6) is 5.75 Å². The second-order valence-electron chi connectivity index (χ2n) is 4.18. The van der Waals surface area contributed by atoms with E-state index in [0.29, 0.717) is 0 Å². The molecule has 6 heteroatoms. The Morgan fingerprint density at radius 2 is 2.32 bits per heavy atom. The maximum atomic E-state index is 5.23. The van der Waals surface area contributed by atoms with Crippen LogP contribution in [0, 0.1) is 0 Å². The van der Waals surface area contributed by atoms with E-state index in [1.165, 1.54) is 5.56 Å². The van der Waals surface area contributed by atoms with Crippen LogP contribution in [0.15, 0.2) is 28.9 Å². The van der Waals surface area contributed by atoms with Crippen LogP contribution in [0.3, 0.4) is 0 Å². The third-order valence-electron chi connectivity index (χ3n) is 2.90. The van der Waals surface area contributed by atoms with Crippen molar-refractivity contribution >= 4 is 15.9 Å². The van der Waals surface area contributed by atoms with Gasteiger partial charge in [-0.05, 0) is 46.6 Å². The number of aromatic nitrogens is 3. The van der Waals surface area contributed by atoms with Crippen molar-refractivity contribution in [2.24, 2.45) is 0 Å². The van der Waals surface area contributed by atoms with Gasteiger partial charge in [-0.3, -0.25) is 0 Å². The van der Waals surface area contributed by atoms with Crippen molar-refractivity contribution in [2.45, 2.75) is 19.4 Å². The van der Waals surface area contributed by atoms with E-state index in [1.54, 1.807) is 13.3 Å². The van der Waals surface area contributed by atoms with Crippen LogP contribution in [0.25, 0.3) is 0 Å². The molecule has 0 spiro atoms.